The maximum Gasteiger partial charge on any atom is 0.133 e. The van der Waals surface area contributed by atoms with Crippen LogP contribution in [0.25, 0.3) is 0 Å². The summed E-state index contributed by atoms with van der Waals surface area (Å²) in [4.78, 5) is 2.62. The molecule has 0 aromatic heterocycles. The molecule has 4 aromatic rings. The first-order chi connectivity index (χ1) is 30.9. The molecule has 2 aliphatic carbocycles. The van der Waals surface area contributed by atoms with Crippen LogP contribution >= 0.6 is 0 Å². The highest BCUT2D eigenvalue weighted by molar-refractivity contribution is 5.73. The summed E-state index contributed by atoms with van der Waals surface area (Å²) < 4.78 is 0. The van der Waals surface area contributed by atoms with E-state index in [1.807, 2.05) is 13.8 Å². The summed E-state index contributed by atoms with van der Waals surface area (Å²) in [7, 11) is 0. The molecule has 0 saturated heterocycles. The van der Waals surface area contributed by atoms with E-state index in [9.17, 15) is 5.26 Å². The lowest BCUT2D eigenvalue weighted by atomic mass is 9.65. The maximum atomic E-state index is 10.9. The molecule has 2 fully saturated rings. The molecule has 3 aliphatic rings. The van der Waals surface area contributed by atoms with Gasteiger partial charge in [-0.05, 0) is 124 Å². The Morgan fingerprint density at radius 3 is 2.06 bits per heavy atom. The molecule has 0 radical (unpaired) electrons. The molecule has 2 unspecified atom stereocenters. The highest BCUT2D eigenvalue weighted by Crippen LogP contribution is 2.55. The summed E-state index contributed by atoms with van der Waals surface area (Å²) in [5, 5.41) is 13.4. The highest BCUT2D eigenvalue weighted by Gasteiger charge is 2.48. The number of hydrogen-bond acceptors (Lipinski definition) is 2. The van der Waals surface area contributed by atoms with Gasteiger partial charge in [0.1, 0.15) is 5.69 Å². The van der Waals surface area contributed by atoms with Crippen LogP contribution in [0.5, 0.6) is 0 Å². The topological polar surface area (TPSA) is 43.6 Å². The van der Waals surface area contributed by atoms with Crippen LogP contribution in [0.4, 0.5) is 11.4 Å². The lowest BCUT2D eigenvalue weighted by molar-refractivity contribution is -0.572. The van der Waals surface area contributed by atoms with Crippen molar-refractivity contribution in [3.8, 4) is 6.07 Å². The second kappa shape index (κ2) is 23.9. The van der Waals surface area contributed by atoms with Gasteiger partial charge in [0.15, 0.2) is 0 Å². The summed E-state index contributed by atoms with van der Waals surface area (Å²) in [5.74, 6) is 1.40. The zero-order valence-electron chi connectivity index (χ0n) is 40.1. The van der Waals surface area contributed by atoms with E-state index in [1.54, 1.807) is 0 Å². The van der Waals surface area contributed by atoms with E-state index >= 15 is 0 Å². The molecule has 0 amide bonds. The van der Waals surface area contributed by atoms with Gasteiger partial charge in [-0.1, -0.05) is 188 Å². The standard InChI is InChI=1S/C58H73N3.C2H6/c1-5-36-60-54-32-29-45(3)38-52(54)57(40-47-20-11-7-12-21-47,41-48-22-13-8-14-23-48)35-19-28-51(44-59)31-34-56-58(42-49-24-15-9-16-25-49,43-50-26-17-10-18-27-50)53-39-46(4)30-33-55(53)61(56)37-6-2;1-2/h7,9,11-12,15-16,19-21,24-25,28-34,38-39,48,50,60H,5-6,8,10,13-14,17-18,22-23,26-27,35-37,40-43H2,1-4H3;1-2H3/p+1/b28-19+,51-31-,56-34+;. The molecule has 63 heavy (non-hydrogen) atoms. The first-order valence-electron chi connectivity index (χ1n) is 25.3. The van der Waals surface area contributed by atoms with Gasteiger partial charge in [0.2, 0.25) is 0 Å². The Kier molecular flexibility index (Phi) is 18.1. The average Bonchev–Trinajstić information content (AvgIpc) is 3.55. The summed E-state index contributed by atoms with van der Waals surface area (Å²) in [6.45, 7) is 15.1. The van der Waals surface area contributed by atoms with E-state index in [2.05, 4.69) is 165 Å². The molecule has 1 heterocycles. The average molecular weight is 843 g/mol. The minimum atomic E-state index is -0.165. The van der Waals surface area contributed by atoms with Crippen molar-refractivity contribution in [3.63, 3.8) is 0 Å². The Labute approximate surface area is 383 Å². The van der Waals surface area contributed by atoms with Crippen molar-refractivity contribution in [2.24, 2.45) is 11.8 Å². The van der Waals surface area contributed by atoms with Crippen LogP contribution in [0.15, 0.2) is 133 Å². The van der Waals surface area contributed by atoms with Crippen molar-refractivity contribution in [2.75, 3.05) is 18.0 Å². The van der Waals surface area contributed by atoms with Crippen molar-refractivity contribution in [1.29, 1.82) is 5.26 Å². The molecule has 2 N–H and O–H groups in total. The van der Waals surface area contributed by atoms with Gasteiger partial charge in [0.05, 0.1) is 18.2 Å². The van der Waals surface area contributed by atoms with Crippen molar-refractivity contribution in [2.45, 2.75) is 162 Å². The Morgan fingerprint density at radius 1 is 0.778 bits per heavy atom. The largest absolute Gasteiger partial charge is 0.344 e. The van der Waals surface area contributed by atoms with E-state index in [4.69, 9.17) is 0 Å². The van der Waals surface area contributed by atoms with Gasteiger partial charge in [-0.15, -0.1) is 0 Å². The van der Waals surface area contributed by atoms with Gasteiger partial charge in [-0.3, -0.25) is 0 Å². The predicted octanol–water partition coefficient (Wildman–Crippen LogP) is 15.0. The molecule has 3 heteroatoms. The third kappa shape index (κ3) is 12.1. The number of quaternary nitrogens is 1. The Hall–Kier alpha value is -4.65. The second-order valence-electron chi connectivity index (χ2n) is 19.3. The lowest BCUT2D eigenvalue weighted by Gasteiger charge is -2.39. The fourth-order valence-electron chi connectivity index (χ4n) is 11.6. The molecule has 0 bridgehead atoms. The molecular formula is C60H80N3+. The first kappa shape index (κ1) is 47.8. The first-order valence-corrected chi connectivity index (χ1v) is 25.3. The molecule has 7 rings (SSSR count). The molecule has 0 spiro atoms. The van der Waals surface area contributed by atoms with Gasteiger partial charge >= 0.3 is 0 Å². The van der Waals surface area contributed by atoms with Gasteiger partial charge in [-0.2, -0.15) is 5.26 Å². The van der Waals surface area contributed by atoms with Crippen molar-refractivity contribution < 1.29 is 5.32 Å². The van der Waals surface area contributed by atoms with Crippen LogP contribution in [-0.4, -0.2) is 13.1 Å². The van der Waals surface area contributed by atoms with Crippen LogP contribution < -0.4 is 10.2 Å². The van der Waals surface area contributed by atoms with Crippen LogP contribution in [0.2, 0.25) is 0 Å². The fraction of sp³-hybridized carbons (Fsp3) is 0.483. The molecule has 334 valence electrons. The number of allylic oxidation sites excluding steroid dienone is 6. The number of benzene rings is 4. The molecule has 2 saturated carbocycles. The minimum absolute atomic E-state index is 0.0851. The van der Waals surface area contributed by atoms with Gasteiger partial charge in [0.25, 0.3) is 0 Å². The van der Waals surface area contributed by atoms with Crippen molar-refractivity contribution in [3.05, 3.63) is 166 Å². The monoisotopic (exact) mass is 843 g/mol. The summed E-state index contributed by atoms with van der Waals surface area (Å²) >= 11 is 0. The summed E-state index contributed by atoms with van der Waals surface area (Å²) in [6.07, 6.45) is 29.8. The third-order valence-corrected chi connectivity index (χ3v) is 14.5. The van der Waals surface area contributed by atoms with Gasteiger partial charge in [-0.25, -0.2) is 0 Å². The number of nitrogens with two attached hydrogens (primary N) is 1. The van der Waals surface area contributed by atoms with Crippen molar-refractivity contribution in [1.82, 2.24) is 0 Å². The van der Waals surface area contributed by atoms with E-state index in [0.717, 1.165) is 57.2 Å². The van der Waals surface area contributed by atoms with E-state index in [-0.39, 0.29) is 10.8 Å². The molecule has 4 aromatic carbocycles. The van der Waals surface area contributed by atoms with Gasteiger partial charge in [0, 0.05) is 34.3 Å². The summed E-state index contributed by atoms with van der Waals surface area (Å²) in [5.41, 5.74) is 13.0. The van der Waals surface area contributed by atoms with Crippen LogP contribution in [0, 0.1) is 37.0 Å². The Balaban J connectivity index is 0.00000326. The Bertz CT molecular complexity index is 2140. The molecule has 3 nitrogen and oxygen atoms in total. The van der Waals surface area contributed by atoms with Crippen LogP contribution in [-0.2, 0) is 23.7 Å². The van der Waals surface area contributed by atoms with E-state index in [0.29, 0.717) is 11.8 Å². The number of rotatable bonds is 18. The lowest BCUT2D eigenvalue weighted by Crippen LogP contribution is -2.78. The smallest absolute Gasteiger partial charge is 0.133 e. The fourth-order valence-corrected chi connectivity index (χ4v) is 11.6. The minimum Gasteiger partial charge on any atom is -0.344 e. The van der Waals surface area contributed by atoms with E-state index in [1.165, 1.54) is 121 Å². The SMILES string of the molecule is CC.CCC[NH2+]c1ccc(C)cc1C(C/C=C/C(C#N)=C/C=C1/N(CCC)c2ccc(C)cc2C1(Cc1ccccc1)CC1CCCCC1)(Cc1ccccc1)CC1CCCCC1. The highest BCUT2D eigenvalue weighted by atomic mass is 15.2. The van der Waals surface area contributed by atoms with E-state index < -0.39 is 0 Å². The Morgan fingerprint density at radius 2 is 1.41 bits per heavy atom. The molecular weight excluding hydrogens is 763 g/mol. The second-order valence-corrected chi connectivity index (χ2v) is 19.3. The summed E-state index contributed by atoms with van der Waals surface area (Å²) in [6, 6.07) is 39.5. The van der Waals surface area contributed by atoms with Crippen LogP contribution in [0.3, 0.4) is 0 Å². The number of anilines is 1. The zero-order chi connectivity index (χ0) is 44.5. The number of fused-ring (bicyclic) bond motifs is 1. The maximum absolute atomic E-state index is 10.9. The number of nitrogens with zero attached hydrogens (tertiary/aromatic N) is 2. The normalized spacial score (nSPS) is 20.0. The molecule has 2 atom stereocenters. The number of hydrogen-bond donors (Lipinski definition) is 1. The number of aryl methyl sites for hydroxylation is 2. The van der Waals surface area contributed by atoms with Gasteiger partial charge < -0.3 is 10.2 Å². The third-order valence-electron chi connectivity index (χ3n) is 14.5. The predicted molar refractivity (Wildman–Crippen MR) is 270 cm³/mol. The van der Waals surface area contributed by atoms with Crippen LogP contribution in [0.1, 0.15) is 157 Å². The quantitative estimate of drug-likeness (QED) is 0.0616. The zero-order valence-corrected chi connectivity index (χ0v) is 40.1. The molecule has 1 aliphatic heterocycles. The number of nitriles is 1. The van der Waals surface area contributed by atoms with Crippen molar-refractivity contribution >= 4 is 11.4 Å².